The lowest BCUT2D eigenvalue weighted by molar-refractivity contribution is -0.0786. The van der Waals surface area contributed by atoms with Crippen molar-refractivity contribution in [3.8, 4) is 0 Å². The third-order valence-corrected chi connectivity index (χ3v) is 4.71. The zero-order valence-corrected chi connectivity index (χ0v) is 12.0. The molecule has 2 aromatic rings. The molecule has 2 aromatic heterocycles. The lowest BCUT2D eigenvalue weighted by Crippen LogP contribution is -2.50. The fourth-order valence-electron chi connectivity index (χ4n) is 3.73. The molecule has 0 aromatic carbocycles. The summed E-state index contributed by atoms with van der Waals surface area (Å²) in [4.78, 5) is 2.55. The molecule has 0 N–H and O–H groups in total. The van der Waals surface area contributed by atoms with E-state index in [1.165, 1.54) is 18.4 Å². The van der Waals surface area contributed by atoms with E-state index in [2.05, 4.69) is 19.7 Å². The molecule has 0 amide bonds. The van der Waals surface area contributed by atoms with Crippen molar-refractivity contribution < 1.29 is 9.15 Å². The second kappa shape index (κ2) is 5.61. The molecule has 6 nitrogen and oxygen atoms in total. The van der Waals surface area contributed by atoms with Crippen LogP contribution in [-0.2, 0) is 17.8 Å². The number of fused-ring (bicyclic) bond motifs is 1. The number of hydrogen-bond acceptors (Lipinski definition) is 5. The quantitative estimate of drug-likeness (QED) is 0.854. The van der Waals surface area contributed by atoms with Crippen molar-refractivity contribution in [2.75, 3.05) is 13.2 Å². The van der Waals surface area contributed by atoms with Crippen LogP contribution in [0.1, 0.15) is 18.4 Å². The van der Waals surface area contributed by atoms with Gasteiger partial charge in [-0.15, -0.1) is 10.2 Å². The Morgan fingerprint density at radius 1 is 1.24 bits per heavy atom. The van der Waals surface area contributed by atoms with E-state index in [4.69, 9.17) is 9.15 Å². The van der Waals surface area contributed by atoms with Crippen molar-refractivity contribution >= 4 is 0 Å². The highest BCUT2D eigenvalue weighted by atomic mass is 16.5. The summed E-state index contributed by atoms with van der Waals surface area (Å²) in [5.74, 6) is 0.554. The summed E-state index contributed by atoms with van der Waals surface area (Å²) in [6, 6.07) is 2.57. The number of nitrogens with zero attached hydrogens (tertiary/aromatic N) is 4. The second-order valence-corrected chi connectivity index (χ2v) is 6.00. The highest BCUT2D eigenvalue weighted by molar-refractivity contribution is 5.07. The van der Waals surface area contributed by atoms with E-state index in [-0.39, 0.29) is 0 Å². The van der Waals surface area contributed by atoms with Gasteiger partial charge in [0.15, 0.2) is 0 Å². The van der Waals surface area contributed by atoms with Gasteiger partial charge in [-0.3, -0.25) is 4.90 Å². The average Bonchev–Trinajstić information content (AvgIpc) is 3.22. The van der Waals surface area contributed by atoms with Gasteiger partial charge >= 0.3 is 0 Å². The van der Waals surface area contributed by atoms with E-state index in [0.717, 1.165) is 26.2 Å². The second-order valence-electron chi connectivity index (χ2n) is 6.00. The number of rotatable bonds is 4. The summed E-state index contributed by atoms with van der Waals surface area (Å²) in [5.41, 5.74) is 1.25. The maximum atomic E-state index is 6.09. The third-order valence-electron chi connectivity index (χ3n) is 4.71. The summed E-state index contributed by atoms with van der Waals surface area (Å²) < 4.78 is 13.3. The van der Waals surface area contributed by atoms with Gasteiger partial charge in [-0.05, 0) is 18.9 Å². The Balaban J connectivity index is 1.44. The van der Waals surface area contributed by atoms with Crippen LogP contribution in [0, 0.1) is 5.92 Å². The zero-order valence-electron chi connectivity index (χ0n) is 12.0. The summed E-state index contributed by atoms with van der Waals surface area (Å²) >= 11 is 0. The van der Waals surface area contributed by atoms with Gasteiger partial charge in [0, 0.05) is 37.2 Å². The predicted molar refractivity (Wildman–Crippen MR) is 75.4 cm³/mol. The fourth-order valence-corrected chi connectivity index (χ4v) is 3.73. The highest BCUT2D eigenvalue weighted by Gasteiger charge is 2.42. The minimum Gasteiger partial charge on any atom is -0.472 e. The van der Waals surface area contributed by atoms with Crippen LogP contribution in [0.15, 0.2) is 35.7 Å². The number of ether oxygens (including phenoxy) is 1. The van der Waals surface area contributed by atoms with Crippen LogP contribution >= 0.6 is 0 Å². The van der Waals surface area contributed by atoms with Gasteiger partial charge in [-0.2, -0.15) is 0 Å². The maximum absolute atomic E-state index is 6.09. The summed E-state index contributed by atoms with van der Waals surface area (Å²) in [6.07, 6.45) is 9.90. The number of hydrogen-bond donors (Lipinski definition) is 0. The number of furan rings is 1. The van der Waals surface area contributed by atoms with Crippen molar-refractivity contribution in [3.63, 3.8) is 0 Å². The van der Waals surface area contributed by atoms with Gasteiger partial charge in [0.05, 0.1) is 25.2 Å². The largest absolute Gasteiger partial charge is 0.472 e. The molecule has 1 saturated heterocycles. The first kappa shape index (κ1) is 13.0. The van der Waals surface area contributed by atoms with E-state index in [1.54, 1.807) is 18.9 Å². The molecule has 3 atom stereocenters. The van der Waals surface area contributed by atoms with Crippen LogP contribution in [0.2, 0.25) is 0 Å². The lowest BCUT2D eigenvalue weighted by Gasteiger charge is -2.39. The van der Waals surface area contributed by atoms with E-state index in [0.29, 0.717) is 18.1 Å². The summed E-state index contributed by atoms with van der Waals surface area (Å²) in [5, 5.41) is 7.77. The van der Waals surface area contributed by atoms with Crippen molar-refractivity contribution in [3.05, 3.63) is 36.8 Å². The van der Waals surface area contributed by atoms with Crippen molar-refractivity contribution in [1.29, 1.82) is 0 Å². The maximum Gasteiger partial charge on any atom is 0.119 e. The van der Waals surface area contributed by atoms with Gasteiger partial charge in [-0.25, -0.2) is 0 Å². The number of morpholine rings is 1. The van der Waals surface area contributed by atoms with Crippen molar-refractivity contribution in [2.24, 2.45) is 5.92 Å². The molecule has 21 heavy (non-hydrogen) atoms. The molecule has 1 saturated carbocycles. The van der Waals surface area contributed by atoms with Gasteiger partial charge < -0.3 is 13.7 Å². The first-order valence-corrected chi connectivity index (χ1v) is 7.59. The van der Waals surface area contributed by atoms with Gasteiger partial charge in [0.1, 0.15) is 12.7 Å². The molecule has 1 aliphatic carbocycles. The minimum absolute atomic E-state index is 0.327. The molecular weight excluding hydrogens is 268 g/mol. The third kappa shape index (κ3) is 2.61. The van der Waals surface area contributed by atoms with Gasteiger partial charge in [0.25, 0.3) is 0 Å². The molecule has 2 aliphatic rings. The van der Waals surface area contributed by atoms with E-state index >= 15 is 0 Å². The van der Waals surface area contributed by atoms with E-state index < -0.39 is 0 Å². The van der Waals surface area contributed by atoms with Crippen LogP contribution in [-0.4, -0.2) is 45.0 Å². The SMILES string of the molecule is c1cc(CN2CCO[C@@H]3[C@@H](Cn4cnnc4)CC[C@H]32)co1. The topological polar surface area (TPSA) is 56.3 Å². The Labute approximate surface area is 123 Å². The standard InChI is InChI=1S/C15H20N4O2/c1-2-14-15(13(1)8-18-10-16-17-11-18)21-6-4-19(14)7-12-3-5-20-9-12/h3,5,9-11,13-15H,1-2,4,6-8H2/t13-,14-,15-/m1/s1. The summed E-state index contributed by atoms with van der Waals surface area (Å²) in [7, 11) is 0. The monoisotopic (exact) mass is 288 g/mol. The Hall–Kier alpha value is -1.66. The molecule has 112 valence electrons. The van der Waals surface area contributed by atoms with Crippen LogP contribution < -0.4 is 0 Å². The van der Waals surface area contributed by atoms with Crippen LogP contribution in [0.3, 0.4) is 0 Å². The number of aromatic nitrogens is 3. The van der Waals surface area contributed by atoms with Gasteiger partial charge in [-0.1, -0.05) is 0 Å². The summed E-state index contributed by atoms with van der Waals surface area (Å²) in [6.45, 7) is 3.73. The molecule has 6 heteroatoms. The Kier molecular flexibility index (Phi) is 3.48. The smallest absolute Gasteiger partial charge is 0.119 e. The minimum atomic E-state index is 0.327. The molecule has 4 rings (SSSR count). The average molecular weight is 288 g/mol. The Bertz CT molecular complexity index is 554. The molecular formula is C15H20N4O2. The zero-order chi connectivity index (χ0) is 14.1. The Morgan fingerprint density at radius 3 is 2.95 bits per heavy atom. The molecule has 0 radical (unpaired) electrons. The molecule has 0 unspecified atom stereocenters. The highest BCUT2D eigenvalue weighted by Crippen LogP contribution is 2.36. The fraction of sp³-hybridized carbons (Fsp3) is 0.600. The van der Waals surface area contributed by atoms with Crippen molar-refractivity contribution in [2.45, 2.75) is 38.1 Å². The normalized spacial score (nSPS) is 29.6. The molecule has 0 spiro atoms. The van der Waals surface area contributed by atoms with Crippen LogP contribution in [0.4, 0.5) is 0 Å². The van der Waals surface area contributed by atoms with Crippen LogP contribution in [0.5, 0.6) is 0 Å². The van der Waals surface area contributed by atoms with E-state index in [9.17, 15) is 0 Å². The molecule has 0 bridgehead atoms. The first-order valence-electron chi connectivity index (χ1n) is 7.59. The molecule has 3 heterocycles. The van der Waals surface area contributed by atoms with Crippen LogP contribution in [0.25, 0.3) is 0 Å². The Morgan fingerprint density at radius 2 is 2.14 bits per heavy atom. The van der Waals surface area contributed by atoms with Crippen molar-refractivity contribution in [1.82, 2.24) is 19.7 Å². The predicted octanol–water partition coefficient (Wildman–Crippen LogP) is 1.55. The first-order chi connectivity index (χ1) is 10.4. The molecule has 1 aliphatic heterocycles. The van der Waals surface area contributed by atoms with E-state index in [1.807, 2.05) is 12.3 Å². The molecule has 2 fully saturated rings. The lowest BCUT2D eigenvalue weighted by atomic mass is 10.0. The van der Waals surface area contributed by atoms with Gasteiger partial charge in [0.2, 0.25) is 0 Å².